The smallest absolute Gasteiger partial charge is 0.338 e. The molecule has 0 saturated heterocycles. The molecule has 0 radical (unpaired) electrons. The third-order valence-electron chi connectivity index (χ3n) is 4.77. The van der Waals surface area contributed by atoms with Crippen LogP contribution < -0.4 is 10.6 Å². The highest BCUT2D eigenvalue weighted by atomic mass is 35.5. The Morgan fingerprint density at radius 1 is 1.34 bits per heavy atom. The first kappa shape index (κ1) is 19.8. The van der Waals surface area contributed by atoms with Gasteiger partial charge in [-0.2, -0.15) is 0 Å². The van der Waals surface area contributed by atoms with Gasteiger partial charge in [-0.1, -0.05) is 35.5 Å². The Hall–Kier alpha value is -2.45. The number of imidazole rings is 1. The zero-order chi connectivity index (χ0) is 20.4. The van der Waals surface area contributed by atoms with Gasteiger partial charge in [0.15, 0.2) is 5.16 Å². The lowest BCUT2D eigenvalue weighted by Crippen LogP contribution is -2.46. The second-order valence-electron chi connectivity index (χ2n) is 6.83. The molecular weight excluding hydrogens is 412 g/mol. The van der Waals surface area contributed by atoms with Gasteiger partial charge in [0.1, 0.15) is 0 Å². The lowest BCUT2D eigenvalue weighted by molar-refractivity contribution is -0.139. The SMILES string of the molecule is CCOC(=O)C1=C(CSc2nccn2C2CC2)NC(=O)NC1c1ccc(Cl)cc1. The Labute approximate surface area is 177 Å². The largest absolute Gasteiger partial charge is 0.463 e. The number of nitrogens with one attached hydrogen (secondary N) is 2. The average Bonchev–Trinajstić information content (AvgIpc) is 3.44. The van der Waals surface area contributed by atoms with Crippen LogP contribution in [-0.2, 0) is 9.53 Å². The summed E-state index contributed by atoms with van der Waals surface area (Å²) in [5.74, 6) is -0.0591. The number of carbonyl (C=O) groups excluding carboxylic acids is 2. The van der Waals surface area contributed by atoms with Crippen molar-refractivity contribution in [2.45, 2.75) is 37.0 Å². The second kappa shape index (κ2) is 8.51. The molecule has 1 unspecified atom stereocenters. The van der Waals surface area contributed by atoms with Gasteiger partial charge in [-0.15, -0.1) is 0 Å². The van der Waals surface area contributed by atoms with Crippen molar-refractivity contribution < 1.29 is 14.3 Å². The zero-order valence-corrected chi connectivity index (χ0v) is 17.4. The molecule has 9 heteroatoms. The molecule has 0 spiro atoms. The summed E-state index contributed by atoms with van der Waals surface area (Å²) in [5.41, 5.74) is 1.68. The van der Waals surface area contributed by atoms with E-state index >= 15 is 0 Å². The van der Waals surface area contributed by atoms with E-state index in [9.17, 15) is 9.59 Å². The van der Waals surface area contributed by atoms with E-state index in [4.69, 9.17) is 16.3 Å². The third kappa shape index (κ3) is 4.43. The number of thioether (sulfide) groups is 1. The van der Waals surface area contributed by atoms with Gasteiger partial charge in [-0.3, -0.25) is 0 Å². The number of carbonyl (C=O) groups is 2. The van der Waals surface area contributed by atoms with Crippen LogP contribution in [0.25, 0.3) is 0 Å². The van der Waals surface area contributed by atoms with E-state index in [1.165, 1.54) is 11.8 Å². The number of rotatable bonds is 7. The quantitative estimate of drug-likeness (QED) is 0.513. The first-order valence-corrected chi connectivity index (χ1v) is 10.8. The molecule has 1 saturated carbocycles. The van der Waals surface area contributed by atoms with Gasteiger partial charge < -0.3 is 19.9 Å². The first-order valence-electron chi connectivity index (χ1n) is 9.45. The number of aromatic nitrogens is 2. The maximum absolute atomic E-state index is 12.8. The van der Waals surface area contributed by atoms with Gasteiger partial charge in [0.05, 0.1) is 18.2 Å². The van der Waals surface area contributed by atoms with Gasteiger partial charge in [-0.25, -0.2) is 14.6 Å². The van der Waals surface area contributed by atoms with Crippen LogP contribution in [-0.4, -0.2) is 33.9 Å². The van der Waals surface area contributed by atoms with Crippen LogP contribution in [0.15, 0.2) is 53.1 Å². The Balaban J connectivity index is 1.65. The fraction of sp³-hybridized carbons (Fsp3) is 0.350. The number of halogens is 1. The molecule has 1 aliphatic carbocycles. The van der Waals surface area contributed by atoms with E-state index in [1.807, 2.05) is 6.20 Å². The summed E-state index contributed by atoms with van der Waals surface area (Å²) in [6.45, 7) is 2.00. The fourth-order valence-electron chi connectivity index (χ4n) is 3.27. The van der Waals surface area contributed by atoms with Crippen molar-refractivity contribution in [3.8, 4) is 0 Å². The predicted molar refractivity (Wildman–Crippen MR) is 111 cm³/mol. The molecule has 1 aromatic carbocycles. The van der Waals surface area contributed by atoms with Gasteiger partial charge >= 0.3 is 12.0 Å². The summed E-state index contributed by atoms with van der Waals surface area (Å²) in [6.07, 6.45) is 6.05. The molecule has 4 rings (SSSR count). The van der Waals surface area contributed by atoms with Crippen LogP contribution in [0.3, 0.4) is 0 Å². The van der Waals surface area contributed by atoms with Crippen molar-refractivity contribution in [1.82, 2.24) is 20.2 Å². The molecule has 2 N–H and O–H groups in total. The Bertz CT molecular complexity index is 953. The maximum atomic E-state index is 12.8. The topological polar surface area (TPSA) is 85.2 Å². The van der Waals surface area contributed by atoms with E-state index in [0.717, 1.165) is 23.6 Å². The van der Waals surface area contributed by atoms with Crippen LogP contribution >= 0.6 is 23.4 Å². The number of hydrogen-bond acceptors (Lipinski definition) is 5. The summed E-state index contributed by atoms with van der Waals surface area (Å²) in [6, 6.07) is 6.58. The van der Waals surface area contributed by atoms with Crippen LogP contribution in [0.4, 0.5) is 4.79 Å². The molecule has 29 heavy (non-hydrogen) atoms. The molecule has 152 valence electrons. The van der Waals surface area contributed by atoms with Crippen LogP contribution in [0, 0.1) is 0 Å². The van der Waals surface area contributed by atoms with E-state index in [2.05, 4.69) is 20.2 Å². The Morgan fingerprint density at radius 3 is 2.79 bits per heavy atom. The summed E-state index contributed by atoms with van der Waals surface area (Å²) >= 11 is 7.48. The van der Waals surface area contributed by atoms with Crippen molar-refractivity contribution >= 4 is 35.4 Å². The van der Waals surface area contributed by atoms with Crippen molar-refractivity contribution in [3.05, 3.63) is 58.5 Å². The molecule has 1 fully saturated rings. The first-order chi connectivity index (χ1) is 14.1. The van der Waals surface area contributed by atoms with E-state index < -0.39 is 12.0 Å². The number of nitrogens with zero attached hydrogens (tertiary/aromatic N) is 2. The van der Waals surface area contributed by atoms with Gasteiger partial charge in [0.2, 0.25) is 0 Å². The summed E-state index contributed by atoms with van der Waals surface area (Å²) < 4.78 is 7.43. The molecule has 1 aromatic heterocycles. The normalized spacial score (nSPS) is 19.0. The minimum atomic E-state index is -0.612. The van der Waals surface area contributed by atoms with Crippen LogP contribution in [0.1, 0.15) is 37.4 Å². The molecule has 2 aromatic rings. The molecule has 1 atom stereocenters. The summed E-state index contributed by atoms with van der Waals surface area (Å²) in [4.78, 5) is 29.5. The number of ether oxygens (including phenoxy) is 1. The minimum absolute atomic E-state index is 0.246. The van der Waals surface area contributed by atoms with E-state index in [1.54, 1.807) is 37.4 Å². The molecular formula is C20H21ClN4O3S. The number of amides is 2. The van der Waals surface area contributed by atoms with Crippen LogP contribution in [0.2, 0.25) is 5.02 Å². The van der Waals surface area contributed by atoms with Crippen molar-refractivity contribution in [2.75, 3.05) is 12.4 Å². The van der Waals surface area contributed by atoms with E-state index in [0.29, 0.717) is 28.1 Å². The van der Waals surface area contributed by atoms with E-state index in [-0.39, 0.29) is 12.6 Å². The summed E-state index contributed by atoms with van der Waals surface area (Å²) in [7, 11) is 0. The standard InChI is InChI=1S/C20H21ClN4O3S/c1-2-28-18(26)16-15(11-29-20-22-9-10-25(20)14-7-8-14)23-19(27)24-17(16)12-3-5-13(21)6-4-12/h3-6,9-10,14,17H,2,7-8,11H2,1H3,(H2,23,24,27). The summed E-state index contributed by atoms with van der Waals surface area (Å²) in [5, 5.41) is 7.07. The van der Waals surface area contributed by atoms with Gasteiger partial charge in [0.25, 0.3) is 0 Å². The molecule has 2 heterocycles. The Morgan fingerprint density at radius 2 is 2.10 bits per heavy atom. The molecule has 7 nitrogen and oxygen atoms in total. The maximum Gasteiger partial charge on any atom is 0.338 e. The van der Waals surface area contributed by atoms with Crippen molar-refractivity contribution in [2.24, 2.45) is 0 Å². The molecule has 2 amide bonds. The monoisotopic (exact) mass is 432 g/mol. The van der Waals surface area contributed by atoms with Gasteiger partial charge in [0, 0.05) is 34.9 Å². The molecule has 0 bridgehead atoms. The lowest BCUT2D eigenvalue weighted by Gasteiger charge is -2.29. The third-order valence-corrected chi connectivity index (χ3v) is 6.03. The zero-order valence-electron chi connectivity index (χ0n) is 15.9. The minimum Gasteiger partial charge on any atom is -0.463 e. The van der Waals surface area contributed by atoms with Gasteiger partial charge in [-0.05, 0) is 37.5 Å². The number of benzene rings is 1. The second-order valence-corrected chi connectivity index (χ2v) is 8.21. The predicted octanol–water partition coefficient (Wildman–Crippen LogP) is 3.83. The number of urea groups is 1. The highest BCUT2D eigenvalue weighted by Gasteiger charge is 2.34. The fourth-order valence-corrected chi connectivity index (χ4v) is 4.39. The highest BCUT2D eigenvalue weighted by molar-refractivity contribution is 7.99. The van der Waals surface area contributed by atoms with Crippen molar-refractivity contribution in [1.29, 1.82) is 0 Å². The Kier molecular flexibility index (Phi) is 5.82. The average molecular weight is 433 g/mol. The number of esters is 1. The molecule has 1 aliphatic heterocycles. The lowest BCUT2D eigenvalue weighted by atomic mass is 9.95. The molecule has 2 aliphatic rings. The number of hydrogen-bond donors (Lipinski definition) is 2. The van der Waals surface area contributed by atoms with Crippen LogP contribution in [0.5, 0.6) is 0 Å². The highest BCUT2D eigenvalue weighted by Crippen LogP contribution is 2.38. The van der Waals surface area contributed by atoms with Crippen molar-refractivity contribution in [3.63, 3.8) is 0 Å².